The minimum absolute atomic E-state index is 1.07. The standard InChI is InChI=1S/C16H27Br/c1-2-3-4-5-6-7-8-9-10-11-12-13-14-15-16-17/h4-5H,2-3,8-16H2,1H3/b5-4-. The monoisotopic (exact) mass is 298 g/mol. The van der Waals surface area contributed by atoms with Crippen molar-refractivity contribution < 1.29 is 0 Å². The van der Waals surface area contributed by atoms with Gasteiger partial charge in [-0.1, -0.05) is 79.3 Å². The number of unbranched alkanes of at least 4 members (excludes halogenated alkanes) is 8. The molecule has 0 N–H and O–H groups in total. The van der Waals surface area contributed by atoms with Gasteiger partial charge in [-0.15, -0.1) is 0 Å². The minimum Gasteiger partial charge on any atom is -0.0985 e. The highest BCUT2D eigenvalue weighted by atomic mass is 79.9. The van der Waals surface area contributed by atoms with Gasteiger partial charge in [0.05, 0.1) is 0 Å². The number of allylic oxidation sites excluding steroid dienone is 2. The van der Waals surface area contributed by atoms with Gasteiger partial charge in [0.2, 0.25) is 0 Å². The van der Waals surface area contributed by atoms with Crippen LogP contribution in [-0.2, 0) is 0 Å². The van der Waals surface area contributed by atoms with Crippen LogP contribution in [0.1, 0.15) is 71.1 Å². The summed E-state index contributed by atoms with van der Waals surface area (Å²) in [7, 11) is 0. The Bertz CT molecular complexity index is 219. The topological polar surface area (TPSA) is 0 Å². The molecule has 1 heteroatoms. The second kappa shape index (κ2) is 15.8. The molecule has 98 valence electrons. The Morgan fingerprint density at radius 3 is 2.24 bits per heavy atom. The molecule has 0 spiro atoms. The molecule has 0 aromatic carbocycles. The molecular weight excluding hydrogens is 272 g/mol. The maximum absolute atomic E-state index is 3.46. The number of hydrogen-bond donors (Lipinski definition) is 0. The number of hydrogen-bond acceptors (Lipinski definition) is 0. The number of alkyl halides is 1. The highest BCUT2D eigenvalue weighted by Crippen LogP contribution is 2.08. The number of rotatable bonds is 10. The molecule has 0 aliphatic carbocycles. The maximum atomic E-state index is 3.46. The second-order valence-electron chi connectivity index (χ2n) is 4.43. The van der Waals surface area contributed by atoms with E-state index in [2.05, 4.69) is 40.8 Å². The fourth-order valence-corrected chi connectivity index (χ4v) is 2.03. The molecule has 0 fully saturated rings. The fourth-order valence-electron chi connectivity index (χ4n) is 1.63. The summed E-state index contributed by atoms with van der Waals surface area (Å²) in [6.45, 7) is 2.19. The zero-order chi connectivity index (χ0) is 12.6. The summed E-state index contributed by atoms with van der Waals surface area (Å²) in [6, 6.07) is 0. The first kappa shape index (κ1) is 16.8. The van der Waals surface area contributed by atoms with E-state index in [0.29, 0.717) is 0 Å². The normalized spacial score (nSPS) is 10.5. The van der Waals surface area contributed by atoms with Crippen LogP contribution in [0.5, 0.6) is 0 Å². The molecule has 0 bridgehead atoms. The predicted molar refractivity (Wildman–Crippen MR) is 82.6 cm³/mol. The van der Waals surface area contributed by atoms with Gasteiger partial charge in [-0.05, 0) is 25.3 Å². The first-order valence-corrected chi connectivity index (χ1v) is 8.23. The molecule has 0 atom stereocenters. The van der Waals surface area contributed by atoms with Crippen LogP contribution in [0.3, 0.4) is 0 Å². The van der Waals surface area contributed by atoms with Gasteiger partial charge in [0, 0.05) is 11.8 Å². The summed E-state index contributed by atoms with van der Waals surface area (Å²) >= 11 is 3.46. The summed E-state index contributed by atoms with van der Waals surface area (Å²) in [6.07, 6.45) is 17.1. The summed E-state index contributed by atoms with van der Waals surface area (Å²) in [5.41, 5.74) is 0. The lowest BCUT2D eigenvalue weighted by Gasteiger charge is -1.98. The Morgan fingerprint density at radius 2 is 1.59 bits per heavy atom. The second-order valence-corrected chi connectivity index (χ2v) is 5.22. The van der Waals surface area contributed by atoms with E-state index in [4.69, 9.17) is 0 Å². The van der Waals surface area contributed by atoms with E-state index in [-0.39, 0.29) is 0 Å². The van der Waals surface area contributed by atoms with E-state index in [1.54, 1.807) is 0 Å². The average molecular weight is 299 g/mol. The van der Waals surface area contributed by atoms with Crippen molar-refractivity contribution in [2.45, 2.75) is 71.1 Å². The molecule has 0 amide bonds. The van der Waals surface area contributed by atoms with Crippen LogP contribution in [0.4, 0.5) is 0 Å². The van der Waals surface area contributed by atoms with Gasteiger partial charge in [-0.2, -0.15) is 0 Å². The zero-order valence-electron chi connectivity index (χ0n) is 11.3. The maximum Gasteiger partial charge on any atom is 0.00922 e. The van der Waals surface area contributed by atoms with Crippen molar-refractivity contribution in [1.82, 2.24) is 0 Å². The minimum atomic E-state index is 1.07. The van der Waals surface area contributed by atoms with Gasteiger partial charge >= 0.3 is 0 Å². The van der Waals surface area contributed by atoms with Gasteiger partial charge < -0.3 is 0 Å². The Morgan fingerprint density at radius 1 is 0.941 bits per heavy atom. The van der Waals surface area contributed by atoms with Gasteiger partial charge in [-0.25, -0.2) is 0 Å². The van der Waals surface area contributed by atoms with Gasteiger partial charge in [0.25, 0.3) is 0 Å². The molecule has 0 aromatic heterocycles. The third kappa shape index (κ3) is 15.8. The van der Waals surface area contributed by atoms with E-state index in [0.717, 1.165) is 18.2 Å². The van der Waals surface area contributed by atoms with Crippen molar-refractivity contribution in [2.75, 3.05) is 5.33 Å². The molecule has 0 rings (SSSR count). The highest BCUT2D eigenvalue weighted by Gasteiger charge is 1.90. The van der Waals surface area contributed by atoms with Crippen LogP contribution in [0.25, 0.3) is 0 Å². The Balaban J connectivity index is 3.12. The van der Waals surface area contributed by atoms with Crippen LogP contribution in [-0.4, -0.2) is 5.33 Å². The molecule has 0 radical (unpaired) electrons. The molecule has 0 heterocycles. The largest absolute Gasteiger partial charge is 0.0985 e. The lowest BCUT2D eigenvalue weighted by atomic mass is 10.1. The van der Waals surface area contributed by atoms with E-state index in [9.17, 15) is 0 Å². The summed E-state index contributed by atoms with van der Waals surface area (Å²) in [5.74, 6) is 6.32. The lowest BCUT2D eigenvalue weighted by Crippen LogP contribution is -1.80. The van der Waals surface area contributed by atoms with Crippen LogP contribution in [0, 0.1) is 11.8 Å². The van der Waals surface area contributed by atoms with Crippen LogP contribution in [0.15, 0.2) is 12.2 Å². The molecular formula is C16H27Br. The Kier molecular flexibility index (Phi) is 15.6. The highest BCUT2D eigenvalue weighted by molar-refractivity contribution is 9.09. The molecule has 0 aliphatic rings. The quantitative estimate of drug-likeness (QED) is 0.269. The van der Waals surface area contributed by atoms with Crippen LogP contribution in [0.2, 0.25) is 0 Å². The lowest BCUT2D eigenvalue weighted by molar-refractivity contribution is 0.596. The first-order valence-electron chi connectivity index (χ1n) is 7.11. The predicted octanol–water partition coefficient (Wildman–Crippen LogP) is 5.86. The van der Waals surface area contributed by atoms with E-state index >= 15 is 0 Å². The van der Waals surface area contributed by atoms with Crippen LogP contribution >= 0.6 is 15.9 Å². The summed E-state index contributed by atoms with van der Waals surface area (Å²) < 4.78 is 0. The van der Waals surface area contributed by atoms with Gasteiger partial charge in [0.15, 0.2) is 0 Å². The average Bonchev–Trinajstić information content (AvgIpc) is 2.35. The first-order chi connectivity index (χ1) is 8.41. The Hall–Kier alpha value is -0.220. The molecule has 0 saturated heterocycles. The van der Waals surface area contributed by atoms with Gasteiger partial charge in [0.1, 0.15) is 0 Å². The van der Waals surface area contributed by atoms with Crippen molar-refractivity contribution in [3.8, 4) is 11.8 Å². The molecule has 17 heavy (non-hydrogen) atoms. The third-order valence-corrected chi connectivity index (χ3v) is 3.25. The van der Waals surface area contributed by atoms with Gasteiger partial charge in [-0.3, -0.25) is 0 Å². The van der Waals surface area contributed by atoms with E-state index in [1.807, 2.05) is 6.08 Å². The SMILES string of the molecule is CCC/C=C\C#CCCCCCCCCCBr. The van der Waals surface area contributed by atoms with E-state index < -0.39 is 0 Å². The molecule has 0 nitrogen and oxygen atoms in total. The van der Waals surface area contributed by atoms with Crippen molar-refractivity contribution in [1.29, 1.82) is 0 Å². The Labute approximate surface area is 116 Å². The molecule has 0 saturated carbocycles. The summed E-state index contributed by atoms with van der Waals surface area (Å²) in [5, 5.41) is 1.16. The van der Waals surface area contributed by atoms with E-state index in [1.165, 1.54) is 51.4 Å². The number of halogens is 1. The van der Waals surface area contributed by atoms with Crippen LogP contribution < -0.4 is 0 Å². The van der Waals surface area contributed by atoms with Crippen molar-refractivity contribution in [3.05, 3.63) is 12.2 Å². The summed E-state index contributed by atoms with van der Waals surface area (Å²) in [4.78, 5) is 0. The van der Waals surface area contributed by atoms with Crippen molar-refractivity contribution >= 4 is 15.9 Å². The smallest absolute Gasteiger partial charge is 0.00922 e. The zero-order valence-corrected chi connectivity index (χ0v) is 12.9. The molecule has 0 unspecified atom stereocenters. The van der Waals surface area contributed by atoms with Crippen molar-refractivity contribution in [2.24, 2.45) is 0 Å². The fraction of sp³-hybridized carbons (Fsp3) is 0.750. The third-order valence-electron chi connectivity index (χ3n) is 2.69. The molecule has 0 aromatic rings. The van der Waals surface area contributed by atoms with Crippen molar-refractivity contribution in [3.63, 3.8) is 0 Å². The molecule has 0 aliphatic heterocycles.